The van der Waals surface area contributed by atoms with Crippen LogP contribution in [0.15, 0.2) is 51.1 Å². The van der Waals surface area contributed by atoms with Crippen molar-refractivity contribution in [2.24, 2.45) is 5.10 Å². The van der Waals surface area contributed by atoms with E-state index in [4.69, 9.17) is 25.8 Å². The van der Waals surface area contributed by atoms with Gasteiger partial charge in [0.05, 0.1) is 38.8 Å². The number of benzene rings is 2. The monoisotopic (exact) mass is 472 g/mol. The van der Waals surface area contributed by atoms with Crippen LogP contribution in [0.3, 0.4) is 0 Å². The van der Waals surface area contributed by atoms with Gasteiger partial charge in [0.15, 0.2) is 11.5 Å². The molecule has 1 aliphatic rings. The van der Waals surface area contributed by atoms with E-state index in [-0.39, 0.29) is 23.7 Å². The number of H-pyrrole nitrogens is 1. The Kier molecular flexibility index (Phi) is 6.01. The SMILES string of the molecule is COc1cc([C@@H]2CC(c3c(O)n(-c4ccc(Cl)cc4)c(=O)[nH]c3=O)=NN2)cc(OC)c1OC. The first-order chi connectivity index (χ1) is 15.9. The molecule has 0 saturated carbocycles. The summed E-state index contributed by atoms with van der Waals surface area (Å²) in [5.41, 5.74) is 2.73. The quantitative estimate of drug-likeness (QED) is 0.502. The summed E-state index contributed by atoms with van der Waals surface area (Å²) in [6.07, 6.45) is 0.258. The Bertz CT molecular complexity index is 1320. The molecule has 0 saturated heterocycles. The lowest BCUT2D eigenvalue weighted by atomic mass is 9.99. The molecule has 3 N–H and O–H groups in total. The van der Waals surface area contributed by atoms with Gasteiger partial charge in [0.1, 0.15) is 5.56 Å². The summed E-state index contributed by atoms with van der Waals surface area (Å²) in [7, 11) is 4.55. The first kappa shape index (κ1) is 22.3. The van der Waals surface area contributed by atoms with Gasteiger partial charge in [0.25, 0.3) is 5.56 Å². The van der Waals surface area contributed by atoms with E-state index >= 15 is 0 Å². The second kappa shape index (κ2) is 8.91. The van der Waals surface area contributed by atoms with E-state index in [0.29, 0.717) is 28.0 Å². The maximum absolute atomic E-state index is 12.6. The van der Waals surface area contributed by atoms with Gasteiger partial charge in [0, 0.05) is 11.4 Å². The van der Waals surface area contributed by atoms with Crippen LogP contribution in [0, 0.1) is 0 Å². The van der Waals surface area contributed by atoms with Crippen molar-refractivity contribution in [1.29, 1.82) is 0 Å². The van der Waals surface area contributed by atoms with Crippen LogP contribution in [-0.2, 0) is 0 Å². The van der Waals surface area contributed by atoms with Crippen LogP contribution in [-0.4, -0.2) is 41.7 Å². The average molecular weight is 473 g/mol. The van der Waals surface area contributed by atoms with Crippen molar-refractivity contribution in [1.82, 2.24) is 15.0 Å². The molecule has 2 heterocycles. The molecule has 1 aliphatic heterocycles. The maximum atomic E-state index is 12.6. The number of aromatic amines is 1. The van der Waals surface area contributed by atoms with Crippen LogP contribution in [0.5, 0.6) is 23.1 Å². The van der Waals surface area contributed by atoms with Crippen LogP contribution >= 0.6 is 11.6 Å². The Morgan fingerprint density at radius 2 is 1.70 bits per heavy atom. The molecule has 2 aromatic carbocycles. The van der Waals surface area contributed by atoms with Crippen LogP contribution in [0.4, 0.5) is 0 Å². The predicted molar refractivity (Wildman–Crippen MR) is 122 cm³/mol. The third-order valence-corrected chi connectivity index (χ3v) is 5.55. The highest BCUT2D eigenvalue weighted by Crippen LogP contribution is 2.41. The number of hydrogen-bond acceptors (Lipinski definition) is 8. The zero-order chi connectivity index (χ0) is 23.7. The fourth-order valence-corrected chi connectivity index (χ4v) is 3.83. The Morgan fingerprint density at radius 1 is 1.06 bits per heavy atom. The fraction of sp³-hybridized carbons (Fsp3) is 0.227. The number of hydrogen-bond donors (Lipinski definition) is 3. The van der Waals surface area contributed by atoms with Crippen LogP contribution < -0.4 is 30.9 Å². The molecule has 0 aliphatic carbocycles. The molecular formula is C22H21ClN4O6. The molecule has 11 heteroatoms. The molecule has 0 bridgehead atoms. The number of methoxy groups -OCH3 is 3. The number of hydrazone groups is 1. The van der Waals surface area contributed by atoms with Gasteiger partial charge in [-0.05, 0) is 42.0 Å². The zero-order valence-electron chi connectivity index (χ0n) is 18.0. The van der Waals surface area contributed by atoms with Crippen molar-refractivity contribution in [3.05, 3.63) is 73.4 Å². The Labute approximate surface area is 193 Å². The molecule has 3 aromatic rings. The molecule has 33 heavy (non-hydrogen) atoms. The van der Waals surface area contributed by atoms with E-state index in [1.807, 2.05) is 0 Å². The minimum Gasteiger partial charge on any atom is -0.493 e. The summed E-state index contributed by atoms with van der Waals surface area (Å²) in [6.45, 7) is 0. The van der Waals surface area contributed by atoms with E-state index in [9.17, 15) is 14.7 Å². The van der Waals surface area contributed by atoms with E-state index in [0.717, 1.165) is 10.1 Å². The summed E-state index contributed by atoms with van der Waals surface area (Å²) in [4.78, 5) is 27.3. The fourth-order valence-electron chi connectivity index (χ4n) is 3.71. The second-order valence-corrected chi connectivity index (χ2v) is 7.61. The van der Waals surface area contributed by atoms with Crippen molar-refractivity contribution in [3.8, 4) is 28.8 Å². The Morgan fingerprint density at radius 3 is 2.27 bits per heavy atom. The zero-order valence-corrected chi connectivity index (χ0v) is 18.8. The number of ether oxygens (including phenoxy) is 3. The topological polar surface area (TPSA) is 127 Å². The van der Waals surface area contributed by atoms with Gasteiger partial charge < -0.3 is 24.7 Å². The third kappa shape index (κ3) is 4.00. The lowest BCUT2D eigenvalue weighted by Gasteiger charge is -2.17. The van der Waals surface area contributed by atoms with Crippen LogP contribution in [0.1, 0.15) is 23.6 Å². The number of nitrogens with one attached hydrogen (secondary N) is 2. The van der Waals surface area contributed by atoms with E-state index in [1.165, 1.54) is 21.3 Å². The molecule has 1 atom stereocenters. The highest BCUT2D eigenvalue weighted by Gasteiger charge is 2.29. The molecule has 0 fully saturated rings. The average Bonchev–Trinajstić information content (AvgIpc) is 3.28. The first-order valence-electron chi connectivity index (χ1n) is 9.84. The summed E-state index contributed by atoms with van der Waals surface area (Å²) in [6, 6.07) is 9.46. The van der Waals surface area contributed by atoms with Crippen LogP contribution in [0.2, 0.25) is 5.02 Å². The smallest absolute Gasteiger partial charge is 0.335 e. The van der Waals surface area contributed by atoms with Gasteiger partial charge in [-0.3, -0.25) is 9.78 Å². The molecular weight excluding hydrogens is 452 g/mol. The second-order valence-electron chi connectivity index (χ2n) is 7.17. The van der Waals surface area contributed by atoms with Gasteiger partial charge in [-0.15, -0.1) is 0 Å². The molecule has 0 spiro atoms. The van der Waals surface area contributed by atoms with Crippen LogP contribution in [0.25, 0.3) is 5.69 Å². The third-order valence-electron chi connectivity index (χ3n) is 5.30. The molecule has 4 rings (SSSR count). The highest BCUT2D eigenvalue weighted by molar-refractivity contribution is 6.30. The number of rotatable bonds is 6. The lowest BCUT2D eigenvalue weighted by molar-refractivity contribution is 0.323. The van der Waals surface area contributed by atoms with Crippen molar-refractivity contribution in [2.75, 3.05) is 21.3 Å². The normalized spacial score (nSPS) is 15.0. The summed E-state index contributed by atoms with van der Waals surface area (Å²) >= 11 is 5.91. The van der Waals surface area contributed by atoms with Crippen molar-refractivity contribution < 1.29 is 19.3 Å². The molecule has 0 radical (unpaired) electrons. The van der Waals surface area contributed by atoms with E-state index < -0.39 is 17.1 Å². The number of aromatic hydroxyl groups is 1. The van der Waals surface area contributed by atoms with Crippen molar-refractivity contribution in [2.45, 2.75) is 12.5 Å². The summed E-state index contributed by atoms with van der Waals surface area (Å²) in [5.74, 6) is 0.877. The number of halogens is 1. The Hall–Kier alpha value is -3.92. The predicted octanol–water partition coefficient (Wildman–Crippen LogP) is 2.35. The van der Waals surface area contributed by atoms with E-state index in [2.05, 4.69) is 15.5 Å². The van der Waals surface area contributed by atoms with Gasteiger partial charge in [0.2, 0.25) is 11.6 Å². The molecule has 0 unspecified atom stereocenters. The molecule has 0 amide bonds. The first-order valence-corrected chi connectivity index (χ1v) is 10.2. The van der Waals surface area contributed by atoms with E-state index in [1.54, 1.807) is 36.4 Å². The number of nitrogens with zero attached hydrogens (tertiary/aromatic N) is 2. The number of aromatic nitrogens is 2. The largest absolute Gasteiger partial charge is 0.493 e. The minimum atomic E-state index is -0.781. The standard InChI is InChI=1S/C22H21ClN4O6/c1-31-16-8-11(9-17(32-2)19(16)33-3)14-10-15(26-25-14)18-20(28)24-22(30)27(21(18)29)13-6-4-12(23)5-7-13/h4-9,14,25,29H,10H2,1-3H3,(H,24,28,30)/t14-/m0/s1. The molecule has 10 nitrogen and oxygen atoms in total. The van der Waals surface area contributed by atoms with Gasteiger partial charge in [-0.1, -0.05) is 11.6 Å². The summed E-state index contributed by atoms with van der Waals surface area (Å²) < 4.78 is 17.1. The minimum absolute atomic E-state index is 0.105. The molecule has 1 aromatic heterocycles. The molecule has 172 valence electrons. The van der Waals surface area contributed by atoms with Gasteiger partial charge >= 0.3 is 5.69 Å². The van der Waals surface area contributed by atoms with Gasteiger partial charge in [-0.25, -0.2) is 9.36 Å². The van der Waals surface area contributed by atoms with Crippen molar-refractivity contribution in [3.63, 3.8) is 0 Å². The highest BCUT2D eigenvalue weighted by atomic mass is 35.5. The van der Waals surface area contributed by atoms with Crippen molar-refractivity contribution >= 4 is 17.3 Å². The Balaban J connectivity index is 1.72. The summed E-state index contributed by atoms with van der Waals surface area (Å²) in [5, 5.41) is 15.6. The van der Waals surface area contributed by atoms with Gasteiger partial charge in [-0.2, -0.15) is 5.10 Å². The lowest BCUT2D eigenvalue weighted by Crippen LogP contribution is -2.33. The maximum Gasteiger partial charge on any atom is 0.335 e.